The second-order valence-corrected chi connectivity index (χ2v) is 7.84. The Labute approximate surface area is 157 Å². The summed E-state index contributed by atoms with van der Waals surface area (Å²) >= 11 is 6.18. The minimum Gasteiger partial charge on any atom is -0.330 e. The monoisotopic (exact) mass is 356 g/mol. The van der Waals surface area contributed by atoms with Gasteiger partial charge in [-0.3, -0.25) is 4.90 Å². The van der Waals surface area contributed by atoms with Crippen LogP contribution in [0.25, 0.3) is 0 Å². The van der Waals surface area contributed by atoms with Crippen LogP contribution in [0.2, 0.25) is 5.02 Å². The molecular weight excluding hydrogens is 328 g/mol. The van der Waals surface area contributed by atoms with E-state index >= 15 is 0 Å². The fourth-order valence-corrected chi connectivity index (χ4v) is 4.15. The van der Waals surface area contributed by atoms with Gasteiger partial charge >= 0.3 is 0 Å². The molecule has 0 unspecified atom stereocenters. The van der Waals surface area contributed by atoms with Crippen LogP contribution in [0.4, 0.5) is 0 Å². The molecule has 2 aromatic rings. The van der Waals surface area contributed by atoms with Gasteiger partial charge in [-0.1, -0.05) is 54.1 Å². The molecular formula is C22H29ClN2. The molecule has 0 atom stereocenters. The molecule has 1 fully saturated rings. The third-order valence-corrected chi connectivity index (χ3v) is 5.60. The van der Waals surface area contributed by atoms with E-state index in [-0.39, 0.29) is 0 Å². The summed E-state index contributed by atoms with van der Waals surface area (Å²) < 4.78 is 0. The number of hydrogen-bond acceptors (Lipinski definition) is 2. The molecule has 25 heavy (non-hydrogen) atoms. The van der Waals surface area contributed by atoms with E-state index in [1.165, 1.54) is 36.8 Å². The van der Waals surface area contributed by atoms with E-state index in [1.54, 1.807) is 0 Å². The summed E-state index contributed by atoms with van der Waals surface area (Å²) in [5, 5.41) is 0.820. The predicted octanol–water partition coefficient (Wildman–Crippen LogP) is 5.11. The van der Waals surface area contributed by atoms with E-state index in [4.69, 9.17) is 17.3 Å². The summed E-state index contributed by atoms with van der Waals surface area (Å²) in [6.07, 6.45) is 5.19. The molecule has 0 amide bonds. The van der Waals surface area contributed by atoms with Gasteiger partial charge < -0.3 is 5.73 Å². The lowest BCUT2D eigenvalue weighted by Gasteiger charge is -2.32. The molecule has 2 N–H and O–H groups in total. The second-order valence-electron chi connectivity index (χ2n) is 7.41. The van der Waals surface area contributed by atoms with Crippen LogP contribution in [0.15, 0.2) is 54.6 Å². The van der Waals surface area contributed by atoms with Crippen LogP contribution in [0.3, 0.4) is 0 Å². The summed E-state index contributed by atoms with van der Waals surface area (Å²) in [7, 11) is 0. The average Bonchev–Trinajstić information content (AvgIpc) is 2.63. The zero-order valence-electron chi connectivity index (χ0n) is 14.9. The van der Waals surface area contributed by atoms with Gasteiger partial charge in [0.25, 0.3) is 0 Å². The fraction of sp³-hybridized carbons (Fsp3) is 0.455. The molecule has 2 aromatic carbocycles. The largest absolute Gasteiger partial charge is 0.330 e. The Morgan fingerprint density at radius 3 is 2.16 bits per heavy atom. The molecule has 0 aromatic heterocycles. The summed E-state index contributed by atoms with van der Waals surface area (Å²) in [6.45, 7) is 3.94. The van der Waals surface area contributed by atoms with Crippen LogP contribution in [0.1, 0.15) is 36.8 Å². The van der Waals surface area contributed by atoms with Crippen molar-refractivity contribution in [3.05, 3.63) is 70.7 Å². The average molecular weight is 357 g/mol. The van der Waals surface area contributed by atoms with Crippen molar-refractivity contribution in [3.63, 3.8) is 0 Å². The van der Waals surface area contributed by atoms with Gasteiger partial charge in [0.05, 0.1) is 0 Å². The first-order valence-corrected chi connectivity index (χ1v) is 9.81. The maximum Gasteiger partial charge on any atom is 0.0409 e. The minimum absolute atomic E-state index is 0.742. The summed E-state index contributed by atoms with van der Waals surface area (Å²) in [5.74, 6) is 1.53. The Morgan fingerprint density at radius 1 is 0.840 bits per heavy atom. The van der Waals surface area contributed by atoms with Crippen molar-refractivity contribution in [2.24, 2.45) is 17.6 Å². The van der Waals surface area contributed by atoms with Crippen LogP contribution in [-0.2, 0) is 13.1 Å². The van der Waals surface area contributed by atoms with Crippen LogP contribution >= 0.6 is 11.6 Å². The minimum atomic E-state index is 0.742. The standard InChI is InChI=1S/C22H29ClN2/c23-22-8-4-7-21(13-22)17-25(15-19-5-2-1-3-6-19)16-20-11-9-18(14-24)10-12-20/h1-8,13,18,20H,9-12,14-17,24H2. The number of nitrogens with two attached hydrogens (primary N) is 1. The third-order valence-electron chi connectivity index (χ3n) is 5.36. The number of halogens is 1. The zero-order chi connectivity index (χ0) is 17.5. The topological polar surface area (TPSA) is 29.3 Å². The maximum atomic E-state index is 6.18. The highest BCUT2D eigenvalue weighted by molar-refractivity contribution is 6.30. The Morgan fingerprint density at radius 2 is 1.48 bits per heavy atom. The van der Waals surface area contributed by atoms with E-state index in [9.17, 15) is 0 Å². The molecule has 0 spiro atoms. The predicted molar refractivity (Wildman–Crippen MR) is 107 cm³/mol. The second kappa shape index (κ2) is 9.38. The van der Waals surface area contributed by atoms with Crippen molar-refractivity contribution in [1.82, 2.24) is 4.90 Å². The first-order chi connectivity index (χ1) is 12.2. The number of benzene rings is 2. The molecule has 0 bridgehead atoms. The van der Waals surface area contributed by atoms with Crippen molar-refractivity contribution >= 4 is 11.6 Å². The molecule has 3 heteroatoms. The highest BCUT2D eigenvalue weighted by Crippen LogP contribution is 2.29. The third kappa shape index (κ3) is 5.85. The molecule has 0 aliphatic heterocycles. The van der Waals surface area contributed by atoms with Crippen LogP contribution in [-0.4, -0.2) is 18.0 Å². The first kappa shape index (κ1) is 18.4. The molecule has 0 saturated heterocycles. The van der Waals surface area contributed by atoms with E-state index < -0.39 is 0 Å². The Kier molecular flexibility index (Phi) is 6.92. The van der Waals surface area contributed by atoms with Crippen molar-refractivity contribution in [2.75, 3.05) is 13.1 Å². The Hall–Kier alpha value is -1.35. The molecule has 1 aliphatic carbocycles. The van der Waals surface area contributed by atoms with Gasteiger partial charge in [0.2, 0.25) is 0 Å². The molecule has 3 rings (SSSR count). The van der Waals surface area contributed by atoms with Gasteiger partial charge in [-0.05, 0) is 67.3 Å². The SMILES string of the molecule is NCC1CCC(CN(Cc2ccccc2)Cc2cccc(Cl)c2)CC1. The van der Waals surface area contributed by atoms with E-state index in [1.807, 2.05) is 12.1 Å². The lowest BCUT2D eigenvalue weighted by molar-refractivity contribution is 0.170. The maximum absolute atomic E-state index is 6.18. The van der Waals surface area contributed by atoms with Gasteiger partial charge in [-0.2, -0.15) is 0 Å². The van der Waals surface area contributed by atoms with Gasteiger partial charge in [0, 0.05) is 24.7 Å². The van der Waals surface area contributed by atoms with Gasteiger partial charge in [-0.15, -0.1) is 0 Å². The smallest absolute Gasteiger partial charge is 0.0409 e. The summed E-state index contributed by atoms with van der Waals surface area (Å²) in [5.41, 5.74) is 8.51. The fourth-order valence-electron chi connectivity index (χ4n) is 3.94. The lowest BCUT2D eigenvalue weighted by Crippen LogP contribution is -2.32. The molecule has 1 aliphatic rings. The van der Waals surface area contributed by atoms with Crippen LogP contribution in [0, 0.1) is 11.8 Å². The highest BCUT2D eigenvalue weighted by Gasteiger charge is 2.22. The van der Waals surface area contributed by atoms with E-state index in [2.05, 4.69) is 47.4 Å². The molecule has 134 valence electrons. The quantitative estimate of drug-likeness (QED) is 0.747. The number of rotatable bonds is 7. The zero-order valence-corrected chi connectivity index (χ0v) is 15.7. The number of hydrogen-bond donors (Lipinski definition) is 1. The molecule has 1 saturated carbocycles. The van der Waals surface area contributed by atoms with Crippen molar-refractivity contribution in [2.45, 2.75) is 38.8 Å². The Bertz CT molecular complexity index is 635. The molecule has 0 radical (unpaired) electrons. The van der Waals surface area contributed by atoms with E-state index in [0.29, 0.717) is 0 Å². The molecule has 2 nitrogen and oxygen atoms in total. The van der Waals surface area contributed by atoms with Gasteiger partial charge in [-0.25, -0.2) is 0 Å². The summed E-state index contributed by atoms with van der Waals surface area (Å²) in [4.78, 5) is 2.58. The summed E-state index contributed by atoms with van der Waals surface area (Å²) in [6, 6.07) is 19.0. The van der Waals surface area contributed by atoms with E-state index in [0.717, 1.165) is 43.0 Å². The highest BCUT2D eigenvalue weighted by atomic mass is 35.5. The van der Waals surface area contributed by atoms with Crippen molar-refractivity contribution in [3.8, 4) is 0 Å². The van der Waals surface area contributed by atoms with Crippen molar-refractivity contribution in [1.29, 1.82) is 0 Å². The number of nitrogens with zero attached hydrogens (tertiary/aromatic N) is 1. The van der Waals surface area contributed by atoms with Crippen LogP contribution < -0.4 is 5.73 Å². The van der Waals surface area contributed by atoms with Crippen molar-refractivity contribution < 1.29 is 0 Å². The normalized spacial score (nSPS) is 20.8. The molecule has 0 heterocycles. The first-order valence-electron chi connectivity index (χ1n) is 9.43. The lowest BCUT2D eigenvalue weighted by atomic mass is 9.82. The van der Waals surface area contributed by atoms with Gasteiger partial charge in [0.15, 0.2) is 0 Å². The van der Waals surface area contributed by atoms with Crippen LogP contribution in [0.5, 0.6) is 0 Å². The Balaban J connectivity index is 1.65. The van der Waals surface area contributed by atoms with Gasteiger partial charge in [0.1, 0.15) is 0 Å².